The molecular formula is C25H17ClN2O7. The van der Waals surface area contributed by atoms with Crippen LogP contribution in [0.15, 0.2) is 72.8 Å². The number of ether oxygens (including phenoxy) is 1. The Morgan fingerprint density at radius 1 is 0.943 bits per heavy atom. The largest absolute Gasteiger partial charge is 0.456 e. The van der Waals surface area contributed by atoms with Crippen LogP contribution < -0.4 is 0 Å². The van der Waals surface area contributed by atoms with Crippen LogP contribution >= 0.6 is 11.6 Å². The number of hydrogen-bond acceptors (Lipinski definition) is 7. The average Bonchev–Trinajstić information content (AvgIpc) is 3.11. The fraction of sp³-hybridized carbons (Fsp3) is 0.120. The molecule has 35 heavy (non-hydrogen) atoms. The van der Waals surface area contributed by atoms with Crippen molar-refractivity contribution in [1.82, 2.24) is 4.90 Å². The van der Waals surface area contributed by atoms with E-state index >= 15 is 0 Å². The Labute approximate surface area is 204 Å². The van der Waals surface area contributed by atoms with E-state index in [1.807, 2.05) is 0 Å². The van der Waals surface area contributed by atoms with E-state index in [1.165, 1.54) is 36.4 Å². The van der Waals surface area contributed by atoms with Crippen molar-refractivity contribution in [3.05, 3.63) is 110 Å². The molecule has 4 rings (SSSR count). The lowest BCUT2D eigenvalue weighted by molar-refractivity contribution is -0.385. The first kappa shape index (κ1) is 23.8. The van der Waals surface area contributed by atoms with Crippen molar-refractivity contribution >= 4 is 40.9 Å². The molecule has 0 bridgehead atoms. The van der Waals surface area contributed by atoms with Crippen LogP contribution in [0.1, 0.15) is 36.6 Å². The van der Waals surface area contributed by atoms with Gasteiger partial charge >= 0.3 is 5.97 Å². The van der Waals surface area contributed by atoms with Gasteiger partial charge < -0.3 is 4.74 Å². The lowest BCUT2D eigenvalue weighted by atomic mass is 10.0. The average molecular weight is 493 g/mol. The SMILES string of the molecule is O=C(COC(=O)[C@@H](Cc1ccccc1)N1C(=O)c2cccc([N+](=O)[O-])c2C1=O)c1ccc(Cl)cc1. The molecule has 9 nitrogen and oxygen atoms in total. The number of fused-ring (bicyclic) bond motifs is 1. The number of Topliss-reactive ketones (excluding diaryl/α,β-unsaturated/α-hetero) is 1. The molecule has 0 aliphatic carbocycles. The number of nitro groups is 1. The summed E-state index contributed by atoms with van der Waals surface area (Å²) in [7, 11) is 0. The van der Waals surface area contributed by atoms with Crippen LogP contribution in [0, 0.1) is 10.1 Å². The Hall–Kier alpha value is -4.37. The third kappa shape index (κ3) is 4.80. The van der Waals surface area contributed by atoms with Gasteiger partial charge in [-0.05, 0) is 35.9 Å². The second-order valence-corrected chi connectivity index (χ2v) is 8.12. The standard InChI is InChI=1S/C25H17ClN2O7/c26-17-11-9-16(10-12-17)21(29)14-35-25(32)20(13-15-5-2-1-3-6-15)27-23(30)18-7-4-8-19(28(33)34)22(18)24(27)31/h1-12,20H,13-14H2/t20-/m1/s1. The minimum absolute atomic E-state index is 0.103. The highest BCUT2D eigenvalue weighted by Gasteiger charge is 2.47. The number of esters is 1. The number of benzene rings is 3. The number of imide groups is 1. The molecule has 1 aliphatic rings. The van der Waals surface area contributed by atoms with E-state index in [2.05, 4.69) is 0 Å². The number of rotatable bonds is 8. The number of ketones is 1. The zero-order chi connectivity index (χ0) is 25.1. The van der Waals surface area contributed by atoms with E-state index in [9.17, 15) is 29.3 Å². The molecule has 0 aromatic heterocycles. The normalized spacial score (nSPS) is 13.3. The number of amides is 2. The number of nitro benzene ring substituents is 1. The van der Waals surface area contributed by atoms with Crippen molar-refractivity contribution in [3.8, 4) is 0 Å². The molecule has 3 aromatic rings. The number of nitrogens with zero attached hydrogens (tertiary/aromatic N) is 2. The first-order valence-electron chi connectivity index (χ1n) is 10.4. The molecule has 0 N–H and O–H groups in total. The maximum absolute atomic E-state index is 13.2. The van der Waals surface area contributed by atoms with Gasteiger partial charge in [0.25, 0.3) is 17.5 Å². The molecule has 176 valence electrons. The molecule has 0 saturated heterocycles. The summed E-state index contributed by atoms with van der Waals surface area (Å²) in [5.41, 5.74) is -0.214. The smallest absolute Gasteiger partial charge is 0.330 e. The Bertz CT molecular complexity index is 1340. The van der Waals surface area contributed by atoms with Crippen molar-refractivity contribution in [1.29, 1.82) is 0 Å². The zero-order valence-electron chi connectivity index (χ0n) is 18.0. The third-order valence-electron chi connectivity index (χ3n) is 5.49. The Morgan fingerprint density at radius 3 is 2.29 bits per heavy atom. The van der Waals surface area contributed by atoms with E-state index in [0.717, 1.165) is 6.07 Å². The first-order valence-corrected chi connectivity index (χ1v) is 10.8. The van der Waals surface area contributed by atoms with Gasteiger partial charge in [0.1, 0.15) is 11.6 Å². The van der Waals surface area contributed by atoms with Crippen LogP contribution in [-0.2, 0) is 16.0 Å². The molecule has 0 saturated carbocycles. The second kappa shape index (κ2) is 9.86. The summed E-state index contributed by atoms with van der Waals surface area (Å²) in [6.45, 7) is -0.630. The second-order valence-electron chi connectivity index (χ2n) is 7.68. The van der Waals surface area contributed by atoms with Crippen LogP contribution in [0.2, 0.25) is 5.02 Å². The summed E-state index contributed by atoms with van der Waals surface area (Å²) >= 11 is 5.82. The summed E-state index contributed by atoms with van der Waals surface area (Å²) in [4.78, 5) is 63.2. The van der Waals surface area contributed by atoms with Gasteiger partial charge in [-0.15, -0.1) is 0 Å². The van der Waals surface area contributed by atoms with Gasteiger partial charge in [-0.3, -0.25) is 29.4 Å². The van der Waals surface area contributed by atoms with Crippen LogP contribution in [0.3, 0.4) is 0 Å². The van der Waals surface area contributed by atoms with Crippen LogP contribution in [0.5, 0.6) is 0 Å². The van der Waals surface area contributed by atoms with Gasteiger partial charge in [0.05, 0.1) is 10.5 Å². The van der Waals surface area contributed by atoms with Gasteiger partial charge in [0, 0.05) is 23.1 Å². The van der Waals surface area contributed by atoms with Crippen molar-refractivity contribution in [2.75, 3.05) is 6.61 Å². The Morgan fingerprint density at radius 2 is 1.63 bits per heavy atom. The molecule has 0 spiro atoms. The highest BCUT2D eigenvalue weighted by atomic mass is 35.5. The molecular weight excluding hydrogens is 476 g/mol. The molecule has 0 fully saturated rings. The Kier molecular flexibility index (Phi) is 6.70. The number of carbonyl (C=O) groups excluding carboxylic acids is 4. The molecule has 0 unspecified atom stereocenters. The Balaban J connectivity index is 1.62. The summed E-state index contributed by atoms with van der Waals surface area (Å²) < 4.78 is 5.21. The van der Waals surface area contributed by atoms with Gasteiger partial charge in [0.15, 0.2) is 12.4 Å². The molecule has 1 aliphatic heterocycles. The number of carbonyl (C=O) groups is 4. The van der Waals surface area contributed by atoms with Gasteiger partial charge in [0.2, 0.25) is 0 Å². The fourth-order valence-electron chi connectivity index (χ4n) is 3.79. The maximum atomic E-state index is 13.2. The highest BCUT2D eigenvalue weighted by molar-refractivity contribution is 6.30. The lowest BCUT2D eigenvalue weighted by Crippen LogP contribution is -2.47. The predicted octanol–water partition coefficient (Wildman–Crippen LogP) is 3.88. The topological polar surface area (TPSA) is 124 Å². The monoisotopic (exact) mass is 492 g/mol. The van der Waals surface area contributed by atoms with Crippen LogP contribution in [0.4, 0.5) is 5.69 Å². The van der Waals surface area contributed by atoms with Crippen molar-refractivity contribution in [2.24, 2.45) is 0 Å². The third-order valence-corrected chi connectivity index (χ3v) is 5.74. The summed E-state index contributed by atoms with van der Waals surface area (Å²) in [6.07, 6.45) is -0.103. The van der Waals surface area contributed by atoms with Crippen molar-refractivity contribution in [3.63, 3.8) is 0 Å². The minimum Gasteiger partial charge on any atom is -0.456 e. The molecule has 1 atom stereocenters. The zero-order valence-corrected chi connectivity index (χ0v) is 18.8. The summed E-state index contributed by atoms with van der Waals surface area (Å²) in [6, 6.07) is 16.8. The van der Waals surface area contributed by atoms with E-state index in [-0.39, 0.29) is 23.1 Å². The maximum Gasteiger partial charge on any atom is 0.330 e. The van der Waals surface area contributed by atoms with E-state index in [1.54, 1.807) is 30.3 Å². The fourth-order valence-corrected chi connectivity index (χ4v) is 3.92. The molecule has 1 heterocycles. The molecule has 3 aromatic carbocycles. The van der Waals surface area contributed by atoms with Crippen LogP contribution in [0.25, 0.3) is 0 Å². The van der Waals surface area contributed by atoms with Gasteiger partial charge in [-0.25, -0.2) is 4.79 Å². The molecule has 0 radical (unpaired) electrons. The van der Waals surface area contributed by atoms with E-state index < -0.39 is 46.8 Å². The summed E-state index contributed by atoms with van der Waals surface area (Å²) in [5, 5.41) is 11.9. The van der Waals surface area contributed by atoms with Gasteiger partial charge in [-0.1, -0.05) is 48.0 Å². The lowest BCUT2D eigenvalue weighted by Gasteiger charge is -2.24. The minimum atomic E-state index is -1.44. The van der Waals surface area contributed by atoms with E-state index in [0.29, 0.717) is 15.5 Å². The highest BCUT2D eigenvalue weighted by Crippen LogP contribution is 2.33. The van der Waals surface area contributed by atoms with Crippen molar-refractivity contribution in [2.45, 2.75) is 12.5 Å². The quantitative estimate of drug-likeness (QED) is 0.154. The van der Waals surface area contributed by atoms with E-state index in [4.69, 9.17) is 16.3 Å². The van der Waals surface area contributed by atoms with Crippen molar-refractivity contribution < 1.29 is 28.8 Å². The molecule has 2 amide bonds. The molecule has 10 heteroatoms. The summed E-state index contributed by atoms with van der Waals surface area (Å²) in [5.74, 6) is -3.32. The van der Waals surface area contributed by atoms with Gasteiger partial charge in [-0.2, -0.15) is 0 Å². The predicted molar refractivity (Wildman–Crippen MR) is 124 cm³/mol. The van der Waals surface area contributed by atoms with Crippen LogP contribution in [-0.4, -0.2) is 46.0 Å². The number of halogens is 1. The number of hydrogen-bond donors (Lipinski definition) is 0. The first-order chi connectivity index (χ1) is 16.8.